The molecule has 2 amide bonds. The number of likely N-dealkylation sites (tertiary alicyclic amines) is 1. The maximum Gasteiger partial charge on any atom is 0.251 e. The van der Waals surface area contributed by atoms with Gasteiger partial charge in [0.05, 0.1) is 0 Å². The lowest BCUT2D eigenvalue weighted by molar-refractivity contribution is -0.132. The second-order valence-corrected chi connectivity index (χ2v) is 7.20. The van der Waals surface area contributed by atoms with E-state index in [1.165, 1.54) is 18.2 Å². The number of benzene rings is 2. The van der Waals surface area contributed by atoms with Crippen LogP contribution in [0.2, 0.25) is 5.02 Å². The highest BCUT2D eigenvalue weighted by Crippen LogP contribution is 2.15. The Hall–Kier alpha value is -2.40. The predicted molar refractivity (Wildman–Crippen MR) is 103 cm³/mol. The van der Waals surface area contributed by atoms with Crippen molar-refractivity contribution in [3.05, 3.63) is 70.5 Å². The fourth-order valence-electron chi connectivity index (χ4n) is 3.23. The van der Waals surface area contributed by atoms with Gasteiger partial charge in [0.25, 0.3) is 5.91 Å². The van der Waals surface area contributed by atoms with Gasteiger partial charge >= 0.3 is 0 Å². The third-order valence-electron chi connectivity index (χ3n) is 4.81. The summed E-state index contributed by atoms with van der Waals surface area (Å²) in [7, 11) is 0. The van der Waals surface area contributed by atoms with Crippen molar-refractivity contribution in [2.24, 2.45) is 0 Å². The molecule has 1 aliphatic rings. The molecule has 0 bridgehead atoms. The zero-order chi connectivity index (χ0) is 19.2. The summed E-state index contributed by atoms with van der Waals surface area (Å²) in [5.74, 6) is -0.578. The summed E-state index contributed by atoms with van der Waals surface area (Å²) in [6, 6.07) is 13.2. The van der Waals surface area contributed by atoms with Crippen molar-refractivity contribution >= 4 is 23.4 Å². The first-order valence-corrected chi connectivity index (χ1v) is 9.48. The van der Waals surface area contributed by atoms with E-state index in [1.54, 1.807) is 6.07 Å². The molecule has 0 spiro atoms. The molecule has 0 atom stereocenters. The van der Waals surface area contributed by atoms with Crippen LogP contribution in [-0.2, 0) is 11.2 Å². The van der Waals surface area contributed by atoms with Crippen LogP contribution in [0.4, 0.5) is 4.39 Å². The molecule has 27 heavy (non-hydrogen) atoms. The molecule has 142 valence electrons. The van der Waals surface area contributed by atoms with Crippen molar-refractivity contribution in [3.63, 3.8) is 0 Å². The average Bonchev–Trinajstić information content (AvgIpc) is 2.68. The number of hydrogen-bond acceptors (Lipinski definition) is 2. The molecule has 6 heteroatoms. The number of nitrogens with one attached hydrogen (secondary N) is 1. The first kappa shape index (κ1) is 19.4. The standard InChI is InChI=1S/C21H22ClFN2O2/c22-17-7-4-15(5-8-17)6-9-20(26)25-12-10-19(11-13-25)24-21(27)16-2-1-3-18(23)14-16/h1-5,7-8,14,19H,6,9-13H2,(H,24,27). The topological polar surface area (TPSA) is 49.4 Å². The first-order valence-electron chi connectivity index (χ1n) is 9.10. The molecular formula is C21H22ClFN2O2. The monoisotopic (exact) mass is 388 g/mol. The van der Waals surface area contributed by atoms with Crippen LogP contribution in [0.1, 0.15) is 35.2 Å². The maximum absolute atomic E-state index is 13.2. The van der Waals surface area contributed by atoms with Gasteiger partial charge in [-0.05, 0) is 55.2 Å². The highest BCUT2D eigenvalue weighted by molar-refractivity contribution is 6.30. The summed E-state index contributed by atoms with van der Waals surface area (Å²) in [6.07, 6.45) is 2.55. The number of amides is 2. The van der Waals surface area contributed by atoms with E-state index >= 15 is 0 Å². The molecule has 1 N–H and O–H groups in total. The lowest BCUT2D eigenvalue weighted by Crippen LogP contribution is -2.46. The largest absolute Gasteiger partial charge is 0.349 e. The first-order chi connectivity index (χ1) is 13.0. The Morgan fingerprint density at radius 2 is 1.81 bits per heavy atom. The van der Waals surface area contributed by atoms with E-state index < -0.39 is 5.82 Å². The molecule has 1 fully saturated rings. The number of carbonyl (C=O) groups is 2. The molecule has 0 aromatic heterocycles. The second-order valence-electron chi connectivity index (χ2n) is 6.77. The molecule has 0 saturated carbocycles. The van der Waals surface area contributed by atoms with Crippen LogP contribution < -0.4 is 5.32 Å². The van der Waals surface area contributed by atoms with Crippen molar-refractivity contribution in [2.45, 2.75) is 31.7 Å². The van der Waals surface area contributed by atoms with Gasteiger partial charge in [-0.25, -0.2) is 4.39 Å². The summed E-state index contributed by atoms with van der Waals surface area (Å²) in [4.78, 5) is 26.4. The van der Waals surface area contributed by atoms with E-state index in [4.69, 9.17) is 11.6 Å². The third-order valence-corrected chi connectivity index (χ3v) is 5.06. The van der Waals surface area contributed by atoms with Crippen LogP contribution in [0.5, 0.6) is 0 Å². The van der Waals surface area contributed by atoms with Crippen molar-refractivity contribution in [1.29, 1.82) is 0 Å². The van der Waals surface area contributed by atoms with Gasteiger partial charge in [-0.3, -0.25) is 9.59 Å². The molecule has 0 radical (unpaired) electrons. The Bertz CT molecular complexity index is 802. The summed E-state index contributed by atoms with van der Waals surface area (Å²) >= 11 is 5.87. The molecule has 1 heterocycles. The van der Waals surface area contributed by atoms with Crippen LogP contribution in [0.15, 0.2) is 48.5 Å². The van der Waals surface area contributed by atoms with Crippen LogP contribution >= 0.6 is 11.6 Å². The van der Waals surface area contributed by atoms with E-state index in [1.807, 2.05) is 29.2 Å². The highest BCUT2D eigenvalue weighted by atomic mass is 35.5. The average molecular weight is 389 g/mol. The zero-order valence-electron chi connectivity index (χ0n) is 15.0. The number of hydrogen-bond donors (Lipinski definition) is 1. The number of nitrogens with zero attached hydrogens (tertiary/aromatic N) is 1. The molecule has 3 rings (SSSR count). The lowest BCUT2D eigenvalue weighted by atomic mass is 10.0. The van der Waals surface area contributed by atoms with Gasteiger partial charge in [0.2, 0.25) is 5.91 Å². The number of aryl methyl sites for hydroxylation is 1. The molecule has 0 unspecified atom stereocenters. The molecule has 1 aliphatic heterocycles. The van der Waals surface area contributed by atoms with Crippen LogP contribution in [-0.4, -0.2) is 35.8 Å². The van der Waals surface area contributed by atoms with E-state index in [0.29, 0.717) is 49.4 Å². The summed E-state index contributed by atoms with van der Waals surface area (Å²) in [6.45, 7) is 1.24. The minimum Gasteiger partial charge on any atom is -0.349 e. The quantitative estimate of drug-likeness (QED) is 0.846. The van der Waals surface area contributed by atoms with Crippen LogP contribution in [0.25, 0.3) is 0 Å². The van der Waals surface area contributed by atoms with Crippen molar-refractivity contribution in [2.75, 3.05) is 13.1 Å². The fraction of sp³-hybridized carbons (Fsp3) is 0.333. The van der Waals surface area contributed by atoms with Crippen molar-refractivity contribution < 1.29 is 14.0 Å². The predicted octanol–water partition coefficient (Wildman–Crippen LogP) is 3.83. The third kappa shape index (κ3) is 5.54. The Balaban J connectivity index is 1.43. The SMILES string of the molecule is O=C(NC1CCN(C(=O)CCc2ccc(Cl)cc2)CC1)c1cccc(F)c1. The van der Waals surface area contributed by atoms with E-state index in [-0.39, 0.29) is 17.9 Å². The minimum absolute atomic E-state index is 0.00100. The van der Waals surface area contributed by atoms with Gasteiger partial charge in [0.1, 0.15) is 5.82 Å². The number of rotatable bonds is 5. The normalized spacial score (nSPS) is 14.8. The number of halogens is 2. The number of carbonyl (C=O) groups excluding carboxylic acids is 2. The Morgan fingerprint density at radius 3 is 2.48 bits per heavy atom. The van der Waals surface area contributed by atoms with Crippen LogP contribution in [0, 0.1) is 5.82 Å². The summed E-state index contributed by atoms with van der Waals surface area (Å²) in [5, 5.41) is 3.62. The van der Waals surface area contributed by atoms with Gasteiger partial charge in [0, 0.05) is 36.1 Å². The Labute approximate surface area is 163 Å². The molecule has 0 aliphatic carbocycles. The van der Waals surface area contributed by atoms with Gasteiger partial charge in [0.15, 0.2) is 0 Å². The van der Waals surface area contributed by atoms with Gasteiger partial charge < -0.3 is 10.2 Å². The molecule has 1 saturated heterocycles. The smallest absolute Gasteiger partial charge is 0.251 e. The van der Waals surface area contributed by atoms with Crippen molar-refractivity contribution in [3.8, 4) is 0 Å². The second kappa shape index (κ2) is 9.00. The Kier molecular flexibility index (Phi) is 6.45. The van der Waals surface area contributed by atoms with Crippen molar-refractivity contribution in [1.82, 2.24) is 10.2 Å². The molecule has 4 nitrogen and oxygen atoms in total. The molecular weight excluding hydrogens is 367 g/mol. The van der Waals surface area contributed by atoms with Crippen LogP contribution in [0.3, 0.4) is 0 Å². The minimum atomic E-state index is -0.427. The van der Waals surface area contributed by atoms with Gasteiger partial charge in [-0.1, -0.05) is 29.8 Å². The summed E-state index contributed by atoms with van der Waals surface area (Å²) < 4.78 is 13.2. The summed E-state index contributed by atoms with van der Waals surface area (Å²) in [5.41, 5.74) is 1.40. The maximum atomic E-state index is 13.2. The Morgan fingerprint density at radius 1 is 1.11 bits per heavy atom. The molecule has 2 aromatic carbocycles. The molecule has 2 aromatic rings. The zero-order valence-corrected chi connectivity index (χ0v) is 15.7. The van der Waals surface area contributed by atoms with E-state index in [9.17, 15) is 14.0 Å². The van der Waals surface area contributed by atoms with Gasteiger partial charge in [-0.2, -0.15) is 0 Å². The van der Waals surface area contributed by atoms with Gasteiger partial charge in [-0.15, -0.1) is 0 Å². The van der Waals surface area contributed by atoms with E-state index in [0.717, 1.165) is 5.56 Å². The fourth-order valence-corrected chi connectivity index (χ4v) is 3.36. The highest BCUT2D eigenvalue weighted by Gasteiger charge is 2.24. The number of piperidine rings is 1. The van der Waals surface area contributed by atoms with E-state index in [2.05, 4.69) is 5.32 Å². The lowest BCUT2D eigenvalue weighted by Gasteiger charge is -2.32.